The number of hydrogen-bond donors (Lipinski definition) is 0. The first-order valence-corrected chi connectivity index (χ1v) is 8.40. The monoisotopic (exact) mass is 366 g/mol. The molecule has 2 nitrogen and oxygen atoms in total. The maximum absolute atomic E-state index is 6.18. The molecule has 0 saturated heterocycles. The van der Waals surface area contributed by atoms with E-state index in [0.717, 1.165) is 51.6 Å². The standard InChI is InChI=1S/C17H16BrClO2/c1-11-3-2-4-13(9-18)16(11)21-10-14-8-15(19)7-12-5-6-20-17(12)14/h2-4,7-8H,5-6,9-10H2,1H3. The number of aryl methyl sites for hydroxylation is 1. The molecule has 0 unspecified atom stereocenters. The minimum absolute atomic E-state index is 0.466. The minimum atomic E-state index is 0.466. The van der Waals surface area contributed by atoms with E-state index in [2.05, 4.69) is 35.0 Å². The topological polar surface area (TPSA) is 18.5 Å². The fraction of sp³-hybridized carbons (Fsp3) is 0.294. The van der Waals surface area contributed by atoms with Crippen LogP contribution in [0.4, 0.5) is 0 Å². The maximum Gasteiger partial charge on any atom is 0.129 e. The lowest BCUT2D eigenvalue weighted by atomic mass is 10.1. The normalized spacial score (nSPS) is 12.9. The summed E-state index contributed by atoms with van der Waals surface area (Å²) >= 11 is 9.69. The molecule has 2 aromatic carbocycles. The average molecular weight is 368 g/mol. The van der Waals surface area contributed by atoms with Crippen molar-refractivity contribution in [3.8, 4) is 11.5 Å². The van der Waals surface area contributed by atoms with Crippen molar-refractivity contribution in [3.05, 3.63) is 57.6 Å². The number of fused-ring (bicyclic) bond motifs is 1. The third-order valence-corrected chi connectivity index (χ3v) is 4.46. The van der Waals surface area contributed by atoms with Crippen molar-refractivity contribution in [1.29, 1.82) is 0 Å². The predicted molar refractivity (Wildman–Crippen MR) is 88.8 cm³/mol. The van der Waals surface area contributed by atoms with Crippen LogP contribution in [0.1, 0.15) is 22.3 Å². The zero-order valence-electron chi connectivity index (χ0n) is 11.8. The second kappa shape index (κ2) is 6.29. The number of rotatable bonds is 4. The molecule has 3 rings (SSSR count). The van der Waals surface area contributed by atoms with E-state index in [9.17, 15) is 0 Å². The molecule has 4 heteroatoms. The predicted octanol–water partition coefficient (Wildman–Crippen LogP) is 5.06. The van der Waals surface area contributed by atoms with Crippen LogP contribution in [0.3, 0.4) is 0 Å². The van der Waals surface area contributed by atoms with Gasteiger partial charge in [0.15, 0.2) is 0 Å². The first-order chi connectivity index (χ1) is 10.2. The third-order valence-electron chi connectivity index (χ3n) is 3.63. The van der Waals surface area contributed by atoms with Crippen molar-refractivity contribution in [3.63, 3.8) is 0 Å². The Bertz CT molecular complexity index is 670. The van der Waals surface area contributed by atoms with E-state index < -0.39 is 0 Å². The Labute approximate surface area is 138 Å². The molecule has 2 aromatic rings. The highest BCUT2D eigenvalue weighted by molar-refractivity contribution is 9.08. The van der Waals surface area contributed by atoms with Gasteiger partial charge in [0.05, 0.1) is 6.61 Å². The van der Waals surface area contributed by atoms with Crippen molar-refractivity contribution >= 4 is 27.5 Å². The Morgan fingerprint density at radius 3 is 2.95 bits per heavy atom. The van der Waals surface area contributed by atoms with Crippen LogP contribution in [0.15, 0.2) is 30.3 Å². The van der Waals surface area contributed by atoms with E-state index in [4.69, 9.17) is 21.1 Å². The molecule has 0 fully saturated rings. The second-order valence-corrected chi connectivity index (χ2v) is 6.13. The molecular weight excluding hydrogens is 352 g/mol. The van der Waals surface area contributed by atoms with Crippen LogP contribution < -0.4 is 9.47 Å². The molecule has 1 heterocycles. The molecule has 21 heavy (non-hydrogen) atoms. The van der Waals surface area contributed by atoms with Crippen LogP contribution in [0.25, 0.3) is 0 Å². The summed E-state index contributed by atoms with van der Waals surface area (Å²) in [6, 6.07) is 10.1. The molecule has 0 amide bonds. The van der Waals surface area contributed by atoms with Crippen molar-refractivity contribution in [2.24, 2.45) is 0 Å². The SMILES string of the molecule is Cc1cccc(CBr)c1OCc1cc(Cl)cc2c1OCC2. The largest absolute Gasteiger partial charge is 0.493 e. The lowest BCUT2D eigenvalue weighted by molar-refractivity contribution is 0.288. The molecule has 0 saturated carbocycles. The van der Waals surface area contributed by atoms with Gasteiger partial charge in [0.1, 0.15) is 18.1 Å². The third kappa shape index (κ3) is 3.04. The summed E-state index contributed by atoms with van der Waals surface area (Å²) in [6.07, 6.45) is 0.917. The number of ether oxygens (including phenoxy) is 2. The molecule has 0 N–H and O–H groups in total. The Kier molecular flexibility index (Phi) is 4.41. The summed E-state index contributed by atoms with van der Waals surface area (Å²) in [5, 5.41) is 1.51. The molecule has 0 aliphatic carbocycles. The summed E-state index contributed by atoms with van der Waals surface area (Å²) in [5.41, 5.74) is 4.46. The molecule has 0 spiro atoms. The average Bonchev–Trinajstić information content (AvgIpc) is 2.93. The molecular formula is C17H16BrClO2. The highest BCUT2D eigenvalue weighted by Gasteiger charge is 2.18. The zero-order chi connectivity index (χ0) is 14.8. The number of halogens is 2. The van der Waals surface area contributed by atoms with E-state index in [1.54, 1.807) is 0 Å². The van der Waals surface area contributed by atoms with Gasteiger partial charge in [0, 0.05) is 27.9 Å². The lowest BCUT2D eigenvalue weighted by Crippen LogP contribution is -2.02. The minimum Gasteiger partial charge on any atom is -0.493 e. The summed E-state index contributed by atoms with van der Waals surface area (Å²) in [7, 11) is 0. The molecule has 110 valence electrons. The van der Waals surface area contributed by atoms with Crippen LogP contribution >= 0.6 is 27.5 Å². The Balaban J connectivity index is 1.86. The van der Waals surface area contributed by atoms with Crippen LogP contribution in [-0.4, -0.2) is 6.61 Å². The van der Waals surface area contributed by atoms with Crippen LogP contribution in [0, 0.1) is 6.92 Å². The van der Waals surface area contributed by atoms with Crippen molar-refractivity contribution in [2.75, 3.05) is 6.61 Å². The van der Waals surface area contributed by atoms with Gasteiger partial charge in [0.25, 0.3) is 0 Å². The van der Waals surface area contributed by atoms with E-state index >= 15 is 0 Å². The Morgan fingerprint density at radius 2 is 2.14 bits per heavy atom. The molecule has 0 aromatic heterocycles. The summed E-state index contributed by atoms with van der Waals surface area (Å²) in [5.74, 6) is 1.87. The fourth-order valence-electron chi connectivity index (χ4n) is 2.63. The van der Waals surface area contributed by atoms with E-state index in [-0.39, 0.29) is 0 Å². The summed E-state index contributed by atoms with van der Waals surface area (Å²) in [6.45, 7) is 3.24. The highest BCUT2D eigenvalue weighted by Crippen LogP contribution is 2.34. The van der Waals surface area contributed by atoms with Gasteiger partial charge in [-0.3, -0.25) is 0 Å². The molecule has 1 aliphatic rings. The second-order valence-electron chi connectivity index (χ2n) is 5.14. The first-order valence-electron chi connectivity index (χ1n) is 6.90. The number of benzene rings is 2. The van der Waals surface area contributed by atoms with Gasteiger partial charge in [-0.05, 0) is 30.2 Å². The quantitative estimate of drug-likeness (QED) is 0.703. The first kappa shape index (κ1) is 14.7. The zero-order valence-corrected chi connectivity index (χ0v) is 14.1. The van der Waals surface area contributed by atoms with Gasteiger partial charge in [0.2, 0.25) is 0 Å². The Morgan fingerprint density at radius 1 is 1.29 bits per heavy atom. The van der Waals surface area contributed by atoms with E-state index in [0.29, 0.717) is 6.61 Å². The highest BCUT2D eigenvalue weighted by atomic mass is 79.9. The fourth-order valence-corrected chi connectivity index (χ4v) is 3.33. The number of alkyl halides is 1. The number of para-hydroxylation sites is 1. The van der Waals surface area contributed by atoms with E-state index in [1.165, 1.54) is 5.56 Å². The lowest BCUT2D eigenvalue weighted by Gasteiger charge is -2.15. The van der Waals surface area contributed by atoms with Gasteiger partial charge in [-0.2, -0.15) is 0 Å². The van der Waals surface area contributed by atoms with Crippen molar-refractivity contribution in [2.45, 2.75) is 25.3 Å². The van der Waals surface area contributed by atoms with Gasteiger partial charge in [-0.25, -0.2) is 0 Å². The van der Waals surface area contributed by atoms with Gasteiger partial charge >= 0.3 is 0 Å². The van der Waals surface area contributed by atoms with Crippen LogP contribution in [-0.2, 0) is 18.4 Å². The van der Waals surface area contributed by atoms with E-state index in [1.807, 2.05) is 18.2 Å². The maximum atomic E-state index is 6.18. The number of hydrogen-bond acceptors (Lipinski definition) is 2. The molecule has 1 aliphatic heterocycles. The molecule has 0 atom stereocenters. The molecule has 0 radical (unpaired) electrons. The van der Waals surface area contributed by atoms with Gasteiger partial charge in [-0.15, -0.1) is 0 Å². The van der Waals surface area contributed by atoms with Crippen LogP contribution in [0.5, 0.6) is 11.5 Å². The molecule has 0 bridgehead atoms. The Hall–Kier alpha value is -1.19. The van der Waals surface area contributed by atoms with Crippen molar-refractivity contribution < 1.29 is 9.47 Å². The van der Waals surface area contributed by atoms with Gasteiger partial charge < -0.3 is 9.47 Å². The van der Waals surface area contributed by atoms with Crippen molar-refractivity contribution in [1.82, 2.24) is 0 Å². The summed E-state index contributed by atoms with van der Waals surface area (Å²) in [4.78, 5) is 0. The van der Waals surface area contributed by atoms with Crippen LogP contribution in [0.2, 0.25) is 5.02 Å². The van der Waals surface area contributed by atoms with Gasteiger partial charge in [-0.1, -0.05) is 45.7 Å². The summed E-state index contributed by atoms with van der Waals surface area (Å²) < 4.78 is 11.8. The smallest absolute Gasteiger partial charge is 0.129 e.